The third-order valence-electron chi connectivity index (χ3n) is 4.48. The Morgan fingerprint density at radius 2 is 2.07 bits per heavy atom. The van der Waals surface area contributed by atoms with Gasteiger partial charge in [-0.1, -0.05) is 42.5 Å². The fourth-order valence-corrected chi connectivity index (χ4v) is 3.24. The molecule has 3 aromatic rings. The van der Waals surface area contributed by atoms with Crippen LogP contribution in [0.1, 0.15) is 16.1 Å². The van der Waals surface area contributed by atoms with Gasteiger partial charge in [0.2, 0.25) is 0 Å². The van der Waals surface area contributed by atoms with Crippen LogP contribution in [0.5, 0.6) is 5.75 Å². The zero-order chi connectivity index (χ0) is 19.5. The minimum absolute atomic E-state index is 0.234. The minimum atomic E-state index is -0.457. The first-order valence-corrected chi connectivity index (χ1v) is 9.24. The van der Waals surface area contributed by atoms with E-state index in [2.05, 4.69) is 15.3 Å². The van der Waals surface area contributed by atoms with Gasteiger partial charge in [-0.3, -0.25) is 4.79 Å². The predicted octanol–water partition coefficient (Wildman–Crippen LogP) is 2.28. The SMILES string of the molecule is CN1C(=S)C(NC(=O)c2cn(Cc3ccccc3)cn2)COc2cccnc21. The van der Waals surface area contributed by atoms with Crippen LogP contribution in [0.2, 0.25) is 0 Å². The number of amides is 1. The van der Waals surface area contributed by atoms with Crippen molar-refractivity contribution in [1.82, 2.24) is 19.9 Å². The molecule has 0 radical (unpaired) electrons. The highest BCUT2D eigenvalue weighted by Crippen LogP contribution is 2.27. The van der Waals surface area contributed by atoms with Crippen LogP contribution in [-0.4, -0.2) is 45.1 Å². The van der Waals surface area contributed by atoms with E-state index in [9.17, 15) is 4.79 Å². The van der Waals surface area contributed by atoms with E-state index in [1.54, 1.807) is 29.7 Å². The number of carbonyl (C=O) groups is 1. The lowest BCUT2D eigenvalue weighted by Gasteiger charge is -2.22. The lowest BCUT2D eigenvalue weighted by atomic mass is 10.2. The maximum absolute atomic E-state index is 12.7. The van der Waals surface area contributed by atoms with Crippen molar-refractivity contribution >= 4 is 28.9 Å². The largest absolute Gasteiger partial charge is 0.487 e. The summed E-state index contributed by atoms with van der Waals surface area (Å²) in [6.45, 7) is 0.883. The fourth-order valence-electron chi connectivity index (χ4n) is 3.02. The first kappa shape index (κ1) is 18.1. The summed E-state index contributed by atoms with van der Waals surface area (Å²) in [5, 5.41) is 2.92. The standard InChI is InChI=1S/C20H19N5O2S/c1-24-18-17(8-5-9-21-18)27-12-16(20(24)28)23-19(26)15-11-25(13-22-15)10-14-6-3-2-4-7-14/h2-9,11,13,16H,10,12H2,1H3,(H,23,26). The summed E-state index contributed by atoms with van der Waals surface area (Å²) in [6, 6.07) is 13.2. The van der Waals surface area contributed by atoms with E-state index in [0.29, 0.717) is 28.8 Å². The number of carbonyl (C=O) groups excluding carboxylic acids is 1. The molecule has 0 fully saturated rings. The van der Waals surface area contributed by atoms with Crippen molar-refractivity contribution in [3.8, 4) is 5.75 Å². The number of pyridine rings is 1. The van der Waals surface area contributed by atoms with Gasteiger partial charge in [0.15, 0.2) is 11.6 Å². The number of thiocarbonyl (C=S) groups is 1. The number of likely N-dealkylation sites (N-methyl/N-ethyl adjacent to an activating group) is 1. The minimum Gasteiger partial charge on any atom is -0.487 e. The molecule has 0 bridgehead atoms. The number of ether oxygens (including phenoxy) is 1. The molecule has 1 aliphatic heterocycles. The number of hydrogen-bond donors (Lipinski definition) is 1. The van der Waals surface area contributed by atoms with Gasteiger partial charge in [-0.15, -0.1) is 0 Å². The highest BCUT2D eigenvalue weighted by Gasteiger charge is 2.28. The summed E-state index contributed by atoms with van der Waals surface area (Å²) >= 11 is 5.54. The molecular weight excluding hydrogens is 374 g/mol. The van der Waals surface area contributed by atoms with E-state index in [-0.39, 0.29) is 12.5 Å². The monoisotopic (exact) mass is 393 g/mol. The Balaban J connectivity index is 1.45. The third-order valence-corrected chi connectivity index (χ3v) is 5.04. The summed E-state index contributed by atoms with van der Waals surface area (Å²) in [6.07, 6.45) is 5.05. The number of aromatic nitrogens is 3. The number of rotatable bonds is 4. The van der Waals surface area contributed by atoms with Gasteiger partial charge in [-0.25, -0.2) is 9.97 Å². The average Bonchev–Trinajstić information content (AvgIpc) is 3.15. The Morgan fingerprint density at radius 1 is 1.25 bits per heavy atom. The first-order chi connectivity index (χ1) is 13.6. The topological polar surface area (TPSA) is 72.3 Å². The summed E-state index contributed by atoms with van der Waals surface area (Å²) < 4.78 is 7.66. The van der Waals surface area contributed by atoms with E-state index < -0.39 is 6.04 Å². The van der Waals surface area contributed by atoms with Crippen molar-refractivity contribution in [1.29, 1.82) is 0 Å². The number of nitrogens with zero attached hydrogens (tertiary/aromatic N) is 4. The zero-order valence-corrected chi connectivity index (χ0v) is 16.1. The van der Waals surface area contributed by atoms with Gasteiger partial charge >= 0.3 is 0 Å². The summed E-state index contributed by atoms with van der Waals surface area (Å²) in [4.78, 5) is 23.5. The molecule has 0 aliphatic carbocycles. The van der Waals surface area contributed by atoms with E-state index in [0.717, 1.165) is 5.56 Å². The highest BCUT2D eigenvalue weighted by atomic mass is 32.1. The van der Waals surface area contributed by atoms with Crippen LogP contribution in [0.15, 0.2) is 61.2 Å². The van der Waals surface area contributed by atoms with E-state index in [1.165, 1.54) is 0 Å². The Hall–Kier alpha value is -3.26. The van der Waals surface area contributed by atoms with Crippen molar-refractivity contribution in [2.45, 2.75) is 12.6 Å². The van der Waals surface area contributed by atoms with Crippen molar-refractivity contribution in [3.05, 3.63) is 72.4 Å². The molecule has 28 heavy (non-hydrogen) atoms. The molecule has 7 nitrogen and oxygen atoms in total. The predicted molar refractivity (Wildman–Crippen MR) is 110 cm³/mol. The second-order valence-electron chi connectivity index (χ2n) is 6.48. The quantitative estimate of drug-likeness (QED) is 0.686. The maximum Gasteiger partial charge on any atom is 0.272 e. The Labute approximate surface area is 168 Å². The zero-order valence-electron chi connectivity index (χ0n) is 15.3. The molecule has 1 atom stereocenters. The molecular formula is C20H19N5O2S. The molecule has 1 amide bonds. The molecule has 4 rings (SSSR count). The Kier molecular flexibility index (Phi) is 5.03. The van der Waals surface area contributed by atoms with Crippen LogP contribution in [0.3, 0.4) is 0 Å². The number of nitrogens with one attached hydrogen (secondary N) is 1. The van der Waals surface area contributed by atoms with Gasteiger partial charge in [0.1, 0.15) is 23.3 Å². The Morgan fingerprint density at radius 3 is 2.89 bits per heavy atom. The van der Waals surface area contributed by atoms with Gasteiger partial charge in [-0.05, 0) is 17.7 Å². The fraction of sp³-hybridized carbons (Fsp3) is 0.200. The summed E-state index contributed by atoms with van der Waals surface area (Å²) in [7, 11) is 1.82. The summed E-state index contributed by atoms with van der Waals surface area (Å²) in [5.41, 5.74) is 1.47. The second kappa shape index (κ2) is 7.77. The number of hydrogen-bond acceptors (Lipinski definition) is 5. The normalized spacial score (nSPS) is 16.1. The van der Waals surface area contributed by atoms with Crippen LogP contribution in [-0.2, 0) is 6.54 Å². The number of anilines is 1. The molecule has 1 unspecified atom stereocenters. The van der Waals surface area contributed by atoms with E-state index in [1.807, 2.05) is 48.0 Å². The molecule has 1 aliphatic rings. The smallest absolute Gasteiger partial charge is 0.272 e. The average molecular weight is 393 g/mol. The number of benzene rings is 1. The molecule has 0 saturated carbocycles. The van der Waals surface area contributed by atoms with Gasteiger partial charge in [-0.2, -0.15) is 0 Å². The van der Waals surface area contributed by atoms with Crippen molar-refractivity contribution in [3.63, 3.8) is 0 Å². The molecule has 0 saturated heterocycles. The van der Waals surface area contributed by atoms with Crippen LogP contribution >= 0.6 is 12.2 Å². The lowest BCUT2D eigenvalue weighted by Crippen LogP contribution is -2.48. The molecule has 1 N–H and O–H groups in total. The second-order valence-corrected chi connectivity index (χ2v) is 6.89. The first-order valence-electron chi connectivity index (χ1n) is 8.84. The van der Waals surface area contributed by atoms with E-state index in [4.69, 9.17) is 17.0 Å². The number of fused-ring (bicyclic) bond motifs is 1. The molecule has 2 aromatic heterocycles. The van der Waals surface area contributed by atoms with Crippen molar-refractivity contribution in [2.75, 3.05) is 18.6 Å². The van der Waals surface area contributed by atoms with Crippen LogP contribution < -0.4 is 15.0 Å². The van der Waals surface area contributed by atoms with Gasteiger partial charge in [0.05, 0.1) is 6.33 Å². The Bertz CT molecular complexity index is 1000. The summed E-state index contributed by atoms with van der Waals surface area (Å²) in [5.74, 6) is 0.975. The highest BCUT2D eigenvalue weighted by molar-refractivity contribution is 7.80. The molecule has 142 valence electrons. The van der Waals surface area contributed by atoms with Crippen LogP contribution in [0, 0.1) is 0 Å². The van der Waals surface area contributed by atoms with Gasteiger partial charge < -0.3 is 19.5 Å². The maximum atomic E-state index is 12.7. The van der Waals surface area contributed by atoms with Gasteiger partial charge in [0.25, 0.3) is 5.91 Å². The number of imidazole rings is 1. The van der Waals surface area contributed by atoms with Gasteiger partial charge in [0, 0.05) is 26.0 Å². The van der Waals surface area contributed by atoms with Crippen molar-refractivity contribution in [2.24, 2.45) is 0 Å². The molecule has 8 heteroatoms. The van der Waals surface area contributed by atoms with Crippen LogP contribution in [0.25, 0.3) is 0 Å². The lowest BCUT2D eigenvalue weighted by molar-refractivity contribution is 0.0933. The molecule has 1 aromatic carbocycles. The molecule has 0 spiro atoms. The molecule has 3 heterocycles. The third kappa shape index (κ3) is 3.72. The van der Waals surface area contributed by atoms with E-state index >= 15 is 0 Å². The van der Waals surface area contributed by atoms with Crippen LogP contribution in [0.4, 0.5) is 5.82 Å². The van der Waals surface area contributed by atoms with Crippen molar-refractivity contribution < 1.29 is 9.53 Å².